The largest absolute Gasteiger partial charge is 0.497 e. The van der Waals surface area contributed by atoms with E-state index in [-0.39, 0.29) is 6.04 Å². The zero-order valence-corrected chi connectivity index (χ0v) is 13.9. The normalized spacial score (nSPS) is 12.4. The number of ether oxygens (including phenoxy) is 1. The maximum Gasteiger partial charge on any atom is 0.119 e. The van der Waals surface area contributed by atoms with Crippen LogP contribution in [0.3, 0.4) is 0 Å². The molecule has 1 aromatic heterocycles. The number of methoxy groups -OCH3 is 1. The maximum absolute atomic E-state index is 5.58. The van der Waals surface area contributed by atoms with Gasteiger partial charge in [0.05, 0.1) is 7.11 Å². The van der Waals surface area contributed by atoms with Crippen molar-refractivity contribution in [3.05, 3.63) is 51.4 Å². The van der Waals surface area contributed by atoms with Gasteiger partial charge in [-0.3, -0.25) is 0 Å². The van der Waals surface area contributed by atoms with Crippen LogP contribution in [0.1, 0.15) is 35.6 Å². The summed E-state index contributed by atoms with van der Waals surface area (Å²) < 4.78 is 11.9. The van der Waals surface area contributed by atoms with Crippen LogP contribution in [0.2, 0.25) is 0 Å². The molecule has 0 radical (unpaired) electrons. The number of furan rings is 1. The standard InChI is InChI=1S/C16H20BrNO2/c1-10-7-15(12(3)20-10)11(2)18-9-13-8-14(19-4)5-6-16(13)17/h5-8,11,18H,9H2,1-4H3. The van der Waals surface area contributed by atoms with Crippen LogP contribution >= 0.6 is 15.9 Å². The Morgan fingerprint density at radius 1 is 1.30 bits per heavy atom. The Hall–Kier alpha value is -1.26. The first-order chi connectivity index (χ1) is 9.51. The molecule has 0 amide bonds. The van der Waals surface area contributed by atoms with E-state index in [1.54, 1.807) is 7.11 Å². The minimum Gasteiger partial charge on any atom is -0.497 e. The van der Waals surface area contributed by atoms with Crippen LogP contribution in [0.5, 0.6) is 5.75 Å². The molecule has 0 aliphatic rings. The highest BCUT2D eigenvalue weighted by Crippen LogP contribution is 2.25. The zero-order valence-electron chi connectivity index (χ0n) is 12.3. The summed E-state index contributed by atoms with van der Waals surface area (Å²) in [5.74, 6) is 2.80. The average Bonchev–Trinajstić information content (AvgIpc) is 2.76. The van der Waals surface area contributed by atoms with Gasteiger partial charge in [-0.1, -0.05) is 15.9 Å². The van der Waals surface area contributed by atoms with Crippen LogP contribution in [0.4, 0.5) is 0 Å². The molecular formula is C16H20BrNO2. The third-order valence-electron chi connectivity index (χ3n) is 3.40. The lowest BCUT2D eigenvalue weighted by Gasteiger charge is -2.14. The van der Waals surface area contributed by atoms with Gasteiger partial charge in [0.25, 0.3) is 0 Å². The van der Waals surface area contributed by atoms with Gasteiger partial charge < -0.3 is 14.5 Å². The van der Waals surface area contributed by atoms with Gasteiger partial charge in [-0.05, 0) is 50.6 Å². The number of nitrogens with one attached hydrogen (secondary N) is 1. The van der Waals surface area contributed by atoms with E-state index in [1.165, 1.54) is 11.1 Å². The summed E-state index contributed by atoms with van der Waals surface area (Å²) in [5, 5.41) is 3.52. The fourth-order valence-corrected chi connectivity index (χ4v) is 2.65. The van der Waals surface area contributed by atoms with Gasteiger partial charge in [-0.25, -0.2) is 0 Å². The van der Waals surface area contributed by atoms with E-state index in [0.717, 1.165) is 28.3 Å². The predicted molar refractivity (Wildman–Crippen MR) is 84.1 cm³/mol. The second-order valence-corrected chi connectivity index (χ2v) is 5.78. The van der Waals surface area contributed by atoms with Crippen LogP contribution in [0.25, 0.3) is 0 Å². The molecule has 0 spiro atoms. The first-order valence-corrected chi connectivity index (χ1v) is 7.43. The molecule has 3 nitrogen and oxygen atoms in total. The highest BCUT2D eigenvalue weighted by Gasteiger charge is 2.13. The van der Waals surface area contributed by atoms with Crippen LogP contribution < -0.4 is 10.1 Å². The Morgan fingerprint density at radius 2 is 2.05 bits per heavy atom. The topological polar surface area (TPSA) is 34.4 Å². The molecule has 2 rings (SSSR count). The van der Waals surface area contributed by atoms with Crippen LogP contribution in [0.15, 0.2) is 33.2 Å². The van der Waals surface area contributed by atoms with E-state index in [9.17, 15) is 0 Å². The van der Waals surface area contributed by atoms with Crippen molar-refractivity contribution >= 4 is 15.9 Å². The summed E-state index contributed by atoms with van der Waals surface area (Å²) in [6.07, 6.45) is 0. The van der Waals surface area contributed by atoms with E-state index in [1.807, 2.05) is 32.0 Å². The highest BCUT2D eigenvalue weighted by molar-refractivity contribution is 9.10. The van der Waals surface area contributed by atoms with Gasteiger partial charge >= 0.3 is 0 Å². The molecule has 108 valence electrons. The Morgan fingerprint density at radius 3 is 2.65 bits per heavy atom. The first-order valence-electron chi connectivity index (χ1n) is 6.64. The second kappa shape index (κ2) is 6.46. The van der Waals surface area contributed by atoms with Gasteiger partial charge in [-0.2, -0.15) is 0 Å². The Labute approximate surface area is 128 Å². The summed E-state index contributed by atoms with van der Waals surface area (Å²) in [7, 11) is 1.68. The number of hydrogen-bond donors (Lipinski definition) is 1. The smallest absolute Gasteiger partial charge is 0.119 e. The summed E-state index contributed by atoms with van der Waals surface area (Å²) in [4.78, 5) is 0. The molecule has 1 N–H and O–H groups in total. The van der Waals surface area contributed by atoms with Crippen LogP contribution in [-0.4, -0.2) is 7.11 Å². The minimum absolute atomic E-state index is 0.241. The summed E-state index contributed by atoms with van der Waals surface area (Å²) >= 11 is 3.57. The van der Waals surface area contributed by atoms with Crippen LogP contribution in [-0.2, 0) is 6.54 Å². The molecule has 0 bridgehead atoms. The predicted octanol–water partition coefficient (Wildman–Crippen LogP) is 4.52. The average molecular weight is 338 g/mol. The van der Waals surface area contributed by atoms with Crippen molar-refractivity contribution in [2.45, 2.75) is 33.4 Å². The van der Waals surface area contributed by atoms with Gasteiger partial charge in [0.2, 0.25) is 0 Å². The van der Waals surface area contributed by atoms with Crippen molar-refractivity contribution in [3.8, 4) is 5.75 Å². The van der Waals surface area contributed by atoms with Crippen molar-refractivity contribution in [3.63, 3.8) is 0 Å². The molecule has 20 heavy (non-hydrogen) atoms. The highest BCUT2D eigenvalue weighted by atomic mass is 79.9. The van der Waals surface area contributed by atoms with E-state index < -0.39 is 0 Å². The van der Waals surface area contributed by atoms with Gasteiger partial charge in [0, 0.05) is 22.6 Å². The molecular weight excluding hydrogens is 318 g/mol. The molecule has 4 heteroatoms. The van der Waals surface area contributed by atoms with Crippen molar-refractivity contribution in [2.75, 3.05) is 7.11 Å². The summed E-state index contributed by atoms with van der Waals surface area (Å²) in [6, 6.07) is 8.32. The van der Waals surface area contributed by atoms with E-state index in [4.69, 9.17) is 9.15 Å². The van der Waals surface area contributed by atoms with Crippen LogP contribution in [0, 0.1) is 13.8 Å². The lowest BCUT2D eigenvalue weighted by atomic mass is 10.1. The van der Waals surface area contributed by atoms with Gasteiger partial charge in [0.15, 0.2) is 0 Å². The first kappa shape index (κ1) is 15.1. The zero-order chi connectivity index (χ0) is 14.7. The summed E-state index contributed by atoms with van der Waals surface area (Å²) in [5.41, 5.74) is 2.38. The molecule has 1 aromatic carbocycles. The third-order valence-corrected chi connectivity index (χ3v) is 4.17. The van der Waals surface area contributed by atoms with Gasteiger partial charge in [0.1, 0.15) is 17.3 Å². The third kappa shape index (κ3) is 3.44. The Bertz CT molecular complexity index is 592. The van der Waals surface area contributed by atoms with Gasteiger partial charge in [-0.15, -0.1) is 0 Å². The summed E-state index contributed by atoms with van der Waals surface area (Å²) in [6.45, 7) is 6.89. The molecule has 2 aromatic rings. The molecule has 1 heterocycles. The fourth-order valence-electron chi connectivity index (χ4n) is 2.27. The van der Waals surface area contributed by atoms with E-state index >= 15 is 0 Å². The minimum atomic E-state index is 0.241. The number of hydrogen-bond acceptors (Lipinski definition) is 3. The van der Waals surface area contributed by atoms with E-state index in [2.05, 4.69) is 34.2 Å². The molecule has 0 fully saturated rings. The lowest BCUT2D eigenvalue weighted by molar-refractivity contribution is 0.413. The number of aryl methyl sites for hydroxylation is 2. The molecule has 0 aliphatic heterocycles. The van der Waals surface area contributed by atoms with Crippen molar-refractivity contribution in [1.82, 2.24) is 5.32 Å². The maximum atomic E-state index is 5.58. The molecule has 0 saturated heterocycles. The van der Waals surface area contributed by atoms with Crippen molar-refractivity contribution in [1.29, 1.82) is 0 Å². The van der Waals surface area contributed by atoms with Crippen molar-refractivity contribution in [2.24, 2.45) is 0 Å². The lowest BCUT2D eigenvalue weighted by Crippen LogP contribution is -2.18. The quantitative estimate of drug-likeness (QED) is 0.870. The molecule has 0 aliphatic carbocycles. The number of rotatable bonds is 5. The second-order valence-electron chi connectivity index (χ2n) is 4.93. The Kier molecular flexibility index (Phi) is 4.89. The fraction of sp³-hybridized carbons (Fsp3) is 0.375. The Balaban J connectivity index is 2.06. The van der Waals surface area contributed by atoms with E-state index in [0.29, 0.717) is 0 Å². The molecule has 1 unspecified atom stereocenters. The van der Waals surface area contributed by atoms with Crippen molar-refractivity contribution < 1.29 is 9.15 Å². The molecule has 0 saturated carbocycles. The molecule has 1 atom stereocenters. The monoisotopic (exact) mass is 337 g/mol. The number of benzene rings is 1. The number of halogens is 1. The SMILES string of the molecule is COc1ccc(Br)c(CNC(C)c2cc(C)oc2C)c1.